The molecule has 0 bridgehead atoms. The number of rotatable bonds is 4. The molecule has 2 N–H and O–H groups in total. The van der Waals surface area contributed by atoms with Crippen molar-refractivity contribution in [2.24, 2.45) is 11.8 Å². The van der Waals surface area contributed by atoms with Gasteiger partial charge in [-0.2, -0.15) is 5.26 Å². The molecule has 2 aliphatic rings. The van der Waals surface area contributed by atoms with E-state index in [1.807, 2.05) is 6.92 Å². The van der Waals surface area contributed by atoms with Crippen LogP contribution < -0.4 is 10.6 Å². The van der Waals surface area contributed by atoms with Crippen molar-refractivity contribution in [3.05, 3.63) is 0 Å². The zero-order valence-corrected chi connectivity index (χ0v) is 10.9. The molecule has 0 aromatic rings. The molecule has 0 amide bonds. The Morgan fingerprint density at radius 2 is 2.18 bits per heavy atom. The van der Waals surface area contributed by atoms with Gasteiger partial charge in [0.15, 0.2) is 0 Å². The quantitative estimate of drug-likeness (QED) is 0.784. The fraction of sp³-hybridized carbons (Fsp3) is 0.929. The molecule has 4 atom stereocenters. The predicted molar refractivity (Wildman–Crippen MR) is 69.6 cm³/mol. The normalized spacial score (nSPS) is 35.4. The Bertz CT molecular complexity index is 265. The lowest BCUT2D eigenvalue weighted by Crippen LogP contribution is -2.47. The Balaban J connectivity index is 1.82. The van der Waals surface area contributed by atoms with Gasteiger partial charge in [0.25, 0.3) is 0 Å². The van der Waals surface area contributed by atoms with Gasteiger partial charge in [-0.15, -0.1) is 0 Å². The van der Waals surface area contributed by atoms with Crippen LogP contribution in [0.15, 0.2) is 0 Å². The van der Waals surface area contributed by atoms with Crippen LogP contribution in [-0.2, 0) is 0 Å². The highest BCUT2D eigenvalue weighted by Gasteiger charge is 2.33. The standard InChI is InChI=1S/C14H25N3/c1-11(9-15)10-17-14-7-4-5-12(14)13-6-2-3-8-16-13/h11-14,16-17H,2-8,10H2,1H3. The molecule has 0 radical (unpaired) electrons. The second-order valence-corrected chi connectivity index (χ2v) is 5.70. The van der Waals surface area contributed by atoms with Crippen molar-refractivity contribution in [1.82, 2.24) is 10.6 Å². The molecule has 0 aromatic heterocycles. The van der Waals surface area contributed by atoms with E-state index in [4.69, 9.17) is 5.26 Å². The molecule has 1 saturated carbocycles. The molecule has 96 valence electrons. The molecule has 2 fully saturated rings. The summed E-state index contributed by atoms with van der Waals surface area (Å²) in [6.45, 7) is 4.04. The van der Waals surface area contributed by atoms with E-state index >= 15 is 0 Å². The summed E-state index contributed by atoms with van der Waals surface area (Å²) in [5, 5.41) is 16.1. The van der Waals surface area contributed by atoms with Crippen molar-refractivity contribution in [3.63, 3.8) is 0 Å². The van der Waals surface area contributed by atoms with Crippen molar-refractivity contribution in [2.45, 2.75) is 57.5 Å². The minimum atomic E-state index is 0.135. The van der Waals surface area contributed by atoms with Gasteiger partial charge in [0.1, 0.15) is 0 Å². The Kier molecular flexibility index (Phi) is 4.82. The summed E-state index contributed by atoms with van der Waals surface area (Å²) in [7, 11) is 0. The lowest BCUT2D eigenvalue weighted by atomic mass is 9.88. The Morgan fingerprint density at radius 1 is 1.29 bits per heavy atom. The smallest absolute Gasteiger partial charge is 0.0666 e. The molecule has 1 aliphatic carbocycles. The Morgan fingerprint density at radius 3 is 2.88 bits per heavy atom. The van der Waals surface area contributed by atoms with E-state index in [2.05, 4.69) is 16.7 Å². The van der Waals surface area contributed by atoms with Crippen LogP contribution in [0.4, 0.5) is 0 Å². The first-order valence-electron chi connectivity index (χ1n) is 7.17. The first-order valence-corrected chi connectivity index (χ1v) is 7.17. The van der Waals surface area contributed by atoms with Gasteiger partial charge in [-0.1, -0.05) is 12.8 Å². The van der Waals surface area contributed by atoms with Gasteiger partial charge < -0.3 is 10.6 Å². The number of nitriles is 1. The van der Waals surface area contributed by atoms with Crippen LogP contribution in [0.5, 0.6) is 0 Å². The van der Waals surface area contributed by atoms with Crippen LogP contribution in [-0.4, -0.2) is 25.2 Å². The second kappa shape index (κ2) is 6.37. The number of nitrogens with one attached hydrogen (secondary N) is 2. The molecule has 3 nitrogen and oxygen atoms in total. The van der Waals surface area contributed by atoms with Crippen molar-refractivity contribution in [3.8, 4) is 6.07 Å². The minimum absolute atomic E-state index is 0.135. The molecule has 3 heteroatoms. The van der Waals surface area contributed by atoms with Gasteiger partial charge in [-0.3, -0.25) is 0 Å². The van der Waals surface area contributed by atoms with Crippen LogP contribution in [0.1, 0.15) is 45.4 Å². The number of hydrogen-bond donors (Lipinski definition) is 2. The largest absolute Gasteiger partial charge is 0.314 e. The molecular formula is C14H25N3. The van der Waals surface area contributed by atoms with Gasteiger partial charge >= 0.3 is 0 Å². The fourth-order valence-electron chi connectivity index (χ4n) is 3.34. The van der Waals surface area contributed by atoms with E-state index in [0.29, 0.717) is 6.04 Å². The van der Waals surface area contributed by atoms with Gasteiger partial charge in [-0.05, 0) is 45.1 Å². The minimum Gasteiger partial charge on any atom is -0.314 e. The van der Waals surface area contributed by atoms with Gasteiger partial charge in [0.2, 0.25) is 0 Å². The second-order valence-electron chi connectivity index (χ2n) is 5.70. The summed E-state index contributed by atoms with van der Waals surface area (Å²) in [5.41, 5.74) is 0. The molecular weight excluding hydrogens is 210 g/mol. The van der Waals surface area contributed by atoms with E-state index in [1.54, 1.807) is 0 Å². The lowest BCUT2D eigenvalue weighted by Gasteiger charge is -2.33. The van der Waals surface area contributed by atoms with E-state index in [0.717, 1.165) is 18.5 Å². The highest BCUT2D eigenvalue weighted by Crippen LogP contribution is 2.31. The van der Waals surface area contributed by atoms with E-state index in [9.17, 15) is 0 Å². The molecule has 17 heavy (non-hydrogen) atoms. The third kappa shape index (κ3) is 3.43. The molecule has 4 unspecified atom stereocenters. The molecule has 0 aromatic carbocycles. The first-order chi connectivity index (χ1) is 8.31. The number of nitrogens with zero attached hydrogens (tertiary/aromatic N) is 1. The van der Waals surface area contributed by atoms with E-state index in [1.165, 1.54) is 45.1 Å². The van der Waals surface area contributed by atoms with Gasteiger partial charge in [0.05, 0.1) is 12.0 Å². The molecule has 1 aliphatic heterocycles. The van der Waals surface area contributed by atoms with Crippen molar-refractivity contribution >= 4 is 0 Å². The highest BCUT2D eigenvalue weighted by atomic mass is 15.0. The van der Waals surface area contributed by atoms with Crippen LogP contribution in [0, 0.1) is 23.2 Å². The zero-order valence-electron chi connectivity index (χ0n) is 10.9. The third-order valence-corrected chi connectivity index (χ3v) is 4.34. The lowest BCUT2D eigenvalue weighted by molar-refractivity contribution is 0.255. The molecule has 0 spiro atoms. The van der Waals surface area contributed by atoms with Crippen LogP contribution in [0.2, 0.25) is 0 Å². The summed E-state index contributed by atoms with van der Waals surface area (Å²) in [6.07, 6.45) is 8.07. The SMILES string of the molecule is CC(C#N)CNC1CCCC1C1CCCCN1. The topological polar surface area (TPSA) is 47.9 Å². The van der Waals surface area contributed by atoms with Crippen molar-refractivity contribution in [2.75, 3.05) is 13.1 Å². The maximum atomic E-state index is 8.82. The Hall–Kier alpha value is -0.590. The van der Waals surface area contributed by atoms with Crippen molar-refractivity contribution in [1.29, 1.82) is 5.26 Å². The van der Waals surface area contributed by atoms with Gasteiger partial charge in [0, 0.05) is 18.6 Å². The molecule has 2 rings (SSSR count). The first kappa shape index (κ1) is 12.9. The van der Waals surface area contributed by atoms with Crippen molar-refractivity contribution < 1.29 is 0 Å². The summed E-state index contributed by atoms with van der Waals surface area (Å²) in [4.78, 5) is 0. The van der Waals surface area contributed by atoms with Gasteiger partial charge in [-0.25, -0.2) is 0 Å². The summed E-state index contributed by atoms with van der Waals surface area (Å²) in [5.74, 6) is 0.928. The summed E-state index contributed by atoms with van der Waals surface area (Å²) in [6, 6.07) is 3.67. The highest BCUT2D eigenvalue weighted by molar-refractivity contribution is 4.93. The summed E-state index contributed by atoms with van der Waals surface area (Å²) >= 11 is 0. The Labute approximate surface area is 105 Å². The monoisotopic (exact) mass is 235 g/mol. The summed E-state index contributed by atoms with van der Waals surface area (Å²) < 4.78 is 0. The van der Waals surface area contributed by atoms with E-state index in [-0.39, 0.29) is 5.92 Å². The average Bonchev–Trinajstić information content (AvgIpc) is 2.85. The third-order valence-electron chi connectivity index (χ3n) is 4.34. The maximum absolute atomic E-state index is 8.82. The van der Waals surface area contributed by atoms with E-state index < -0.39 is 0 Å². The van der Waals surface area contributed by atoms with Crippen LogP contribution in [0.25, 0.3) is 0 Å². The number of hydrogen-bond acceptors (Lipinski definition) is 3. The fourth-order valence-corrected chi connectivity index (χ4v) is 3.34. The van der Waals surface area contributed by atoms with Crippen LogP contribution >= 0.6 is 0 Å². The zero-order chi connectivity index (χ0) is 12.1. The average molecular weight is 235 g/mol. The van der Waals surface area contributed by atoms with Crippen LogP contribution in [0.3, 0.4) is 0 Å². The molecule has 1 saturated heterocycles. The predicted octanol–water partition coefficient (Wildman–Crippen LogP) is 2.05. The maximum Gasteiger partial charge on any atom is 0.0666 e. The molecule has 1 heterocycles. The number of piperidine rings is 1.